The first-order valence-corrected chi connectivity index (χ1v) is 18.1. The summed E-state index contributed by atoms with van der Waals surface area (Å²) in [7, 11) is 3.04. The van der Waals surface area contributed by atoms with Crippen LogP contribution < -0.4 is 10.1 Å². The zero-order valence-corrected chi connectivity index (χ0v) is 33.0. The summed E-state index contributed by atoms with van der Waals surface area (Å²) in [5.74, 6) is -1.73. The zero-order chi connectivity index (χ0) is 40.1. The predicted molar refractivity (Wildman–Crippen MR) is 205 cm³/mol. The second kappa shape index (κ2) is 16.7. The van der Waals surface area contributed by atoms with E-state index in [0.717, 1.165) is 16.7 Å². The van der Waals surface area contributed by atoms with Gasteiger partial charge < -0.3 is 29.7 Å². The number of carbonyl (C=O) groups excluding carboxylic acids is 4. The highest BCUT2D eigenvalue weighted by Crippen LogP contribution is 2.33. The topological polar surface area (TPSA) is 146 Å². The lowest BCUT2D eigenvalue weighted by Gasteiger charge is -2.43. The molecule has 0 bridgehead atoms. The SMILES string of the molecule is COc1cccc(C(C)N(Cc2ccc(C(=O)O)cc2)C(=O)C2Cc3ccccc3CN2C(=O)C(NC(=O)C(C)N(C)C(=O)OC(C)(C)C)C(C)(C)C)c1. The lowest BCUT2D eigenvalue weighted by Crippen LogP contribution is -2.62. The van der Waals surface area contributed by atoms with Crippen LogP contribution in [-0.2, 0) is 38.6 Å². The first kappa shape index (κ1) is 41.4. The molecule has 54 heavy (non-hydrogen) atoms. The molecule has 1 aliphatic heterocycles. The Morgan fingerprint density at radius 1 is 0.907 bits per heavy atom. The van der Waals surface area contributed by atoms with Gasteiger partial charge in [-0.25, -0.2) is 9.59 Å². The molecule has 0 saturated carbocycles. The number of nitrogens with one attached hydrogen (secondary N) is 1. The summed E-state index contributed by atoms with van der Waals surface area (Å²) >= 11 is 0. The number of hydrogen-bond donors (Lipinski definition) is 2. The number of ether oxygens (including phenoxy) is 2. The number of fused-ring (bicyclic) bond motifs is 1. The lowest BCUT2D eigenvalue weighted by atomic mass is 9.84. The van der Waals surface area contributed by atoms with Crippen LogP contribution in [0.4, 0.5) is 4.79 Å². The van der Waals surface area contributed by atoms with Crippen molar-refractivity contribution < 1.29 is 38.6 Å². The summed E-state index contributed by atoms with van der Waals surface area (Å²) in [5.41, 5.74) is 1.91. The molecule has 12 heteroatoms. The number of aromatic carboxylic acids is 1. The van der Waals surface area contributed by atoms with E-state index in [9.17, 15) is 24.3 Å². The van der Waals surface area contributed by atoms with E-state index in [2.05, 4.69) is 5.32 Å². The van der Waals surface area contributed by atoms with Crippen LogP contribution in [0.5, 0.6) is 5.75 Å². The van der Waals surface area contributed by atoms with Crippen molar-refractivity contribution in [3.8, 4) is 5.75 Å². The third-order valence-corrected chi connectivity index (χ3v) is 9.74. The molecule has 4 unspecified atom stereocenters. The van der Waals surface area contributed by atoms with E-state index in [-0.39, 0.29) is 31.0 Å². The summed E-state index contributed by atoms with van der Waals surface area (Å²) in [6.07, 6.45) is -0.437. The van der Waals surface area contributed by atoms with Crippen LogP contribution in [0.15, 0.2) is 72.8 Å². The molecule has 2 N–H and O–H groups in total. The van der Waals surface area contributed by atoms with Crippen molar-refractivity contribution in [2.24, 2.45) is 5.41 Å². The minimum Gasteiger partial charge on any atom is -0.497 e. The third kappa shape index (κ3) is 9.97. The Hall–Kier alpha value is -5.39. The predicted octanol–water partition coefficient (Wildman–Crippen LogP) is 6.22. The van der Waals surface area contributed by atoms with Gasteiger partial charge in [0.15, 0.2) is 0 Å². The van der Waals surface area contributed by atoms with Crippen LogP contribution in [0, 0.1) is 5.41 Å². The van der Waals surface area contributed by atoms with Gasteiger partial charge in [-0.3, -0.25) is 19.3 Å². The van der Waals surface area contributed by atoms with Crippen LogP contribution in [0.2, 0.25) is 0 Å². The fraction of sp³-hybridized carbons (Fsp3) is 0.452. The van der Waals surface area contributed by atoms with Crippen LogP contribution in [0.25, 0.3) is 0 Å². The molecule has 0 aromatic heterocycles. The molecule has 0 aliphatic carbocycles. The van der Waals surface area contributed by atoms with E-state index < -0.39 is 59.1 Å². The average Bonchev–Trinajstić information content (AvgIpc) is 3.12. The highest BCUT2D eigenvalue weighted by atomic mass is 16.6. The molecular formula is C42H54N4O8. The summed E-state index contributed by atoms with van der Waals surface area (Å²) in [5, 5.41) is 12.4. The first-order chi connectivity index (χ1) is 25.2. The standard InChI is InChI=1S/C42H54N4O8/c1-26(30-16-13-17-33(22-30)53-10)45(24-28-18-20-29(21-19-28)39(50)51)37(48)34-23-31-14-11-12-15-32(31)25-46(34)38(49)35(41(3,4)5)43-36(47)27(2)44(9)40(52)54-42(6,7)8/h11-22,26-27,34-35H,23-25H2,1-10H3,(H,43,47)(H,50,51). The Kier molecular flexibility index (Phi) is 12.8. The minimum absolute atomic E-state index is 0.125. The van der Waals surface area contributed by atoms with E-state index in [1.54, 1.807) is 56.7 Å². The smallest absolute Gasteiger partial charge is 0.410 e. The van der Waals surface area contributed by atoms with Crippen molar-refractivity contribution in [1.82, 2.24) is 20.0 Å². The van der Waals surface area contributed by atoms with E-state index in [1.807, 2.05) is 76.2 Å². The van der Waals surface area contributed by atoms with Crippen LogP contribution in [0.3, 0.4) is 0 Å². The van der Waals surface area contributed by atoms with Gasteiger partial charge in [-0.1, -0.05) is 69.3 Å². The van der Waals surface area contributed by atoms with E-state index in [1.165, 1.54) is 24.1 Å². The van der Waals surface area contributed by atoms with Crippen molar-refractivity contribution in [3.63, 3.8) is 0 Å². The molecule has 0 spiro atoms. The summed E-state index contributed by atoms with van der Waals surface area (Å²) in [4.78, 5) is 72.6. The third-order valence-electron chi connectivity index (χ3n) is 9.74. The van der Waals surface area contributed by atoms with Gasteiger partial charge in [0.2, 0.25) is 17.7 Å². The Balaban J connectivity index is 1.74. The number of rotatable bonds is 11. The number of carbonyl (C=O) groups is 5. The highest BCUT2D eigenvalue weighted by Gasteiger charge is 2.44. The fourth-order valence-electron chi connectivity index (χ4n) is 6.35. The molecule has 3 aromatic carbocycles. The maximum absolute atomic E-state index is 15.1. The van der Waals surface area contributed by atoms with Gasteiger partial charge in [-0.15, -0.1) is 0 Å². The van der Waals surface area contributed by atoms with Crippen molar-refractivity contribution in [2.75, 3.05) is 14.2 Å². The van der Waals surface area contributed by atoms with Crippen molar-refractivity contribution in [1.29, 1.82) is 0 Å². The second-order valence-corrected chi connectivity index (χ2v) is 16.0. The number of nitrogens with zero attached hydrogens (tertiary/aromatic N) is 3. The van der Waals surface area contributed by atoms with Crippen molar-refractivity contribution in [2.45, 2.75) is 105 Å². The largest absolute Gasteiger partial charge is 0.497 e. The van der Waals surface area contributed by atoms with Crippen LogP contribution in [0.1, 0.15) is 94.0 Å². The van der Waals surface area contributed by atoms with E-state index in [4.69, 9.17) is 9.47 Å². The molecule has 1 aliphatic rings. The molecule has 290 valence electrons. The summed E-state index contributed by atoms with van der Waals surface area (Å²) in [6.45, 7) is 14.5. The molecule has 4 rings (SSSR count). The molecular weight excluding hydrogens is 688 g/mol. The van der Waals surface area contributed by atoms with Gasteiger partial charge >= 0.3 is 12.1 Å². The molecule has 0 radical (unpaired) electrons. The number of methoxy groups -OCH3 is 1. The normalized spacial score (nSPS) is 15.9. The molecule has 1 heterocycles. The fourth-order valence-corrected chi connectivity index (χ4v) is 6.35. The quantitative estimate of drug-likeness (QED) is 0.236. The van der Waals surface area contributed by atoms with Crippen molar-refractivity contribution in [3.05, 3.63) is 101 Å². The Morgan fingerprint density at radius 3 is 2.11 bits per heavy atom. The van der Waals surface area contributed by atoms with Crippen LogP contribution in [-0.4, -0.2) is 87.5 Å². The molecule has 4 amide bonds. The highest BCUT2D eigenvalue weighted by molar-refractivity contribution is 5.95. The molecule has 3 aromatic rings. The minimum atomic E-state index is -1.06. The zero-order valence-electron chi connectivity index (χ0n) is 33.0. The van der Waals surface area contributed by atoms with Gasteiger partial charge in [-0.05, 0) is 86.6 Å². The Labute approximate surface area is 318 Å². The number of carboxylic acids is 1. The maximum Gasteiger partial charge on any atom is 0.410 e. The monoisotopic (exact) mass is 742 g/mol. The van der Waals surface area contributed by atoms with E-state index >= 15 is 4.79 Å². The van der Waals surface area contributed by atoms with Gasteiger partial charge in [0.1, 0.15) is 29.5 Å². The van der Waals surface area contributed by atoms with Gasteiger partial charge in [0.05, 0.1) is 18.7 Å². The summed E-state index contributed by atoms with van der Waals surface area (Å²) in [6, 6.07) is 18.0. The van der Waals surface area contributed by atoms with Crippen LogP contribution >= 0.6 is 0 Å². The number of benzene rings is 3. The second-order valence-electron chi connectivity index (χ2n) is 16.0. The van der Waals surface area contributed by atoms with Gasteiger partial charge in [-0.2, -0.15) is 0 Å². The molecule has 0 fully saturated rings. The molecule has 0 saturated heterocycles. The molecule has 4 atom stereocenters. The number of amides is 4. The van der Waals surface area contributed by atoms with Gasteiger partial charge in [0, 0.05) is 26.6 Å². The summed E-state index contributed by atoms with van der Waals surface area (Å²) < 4.78 is 10.9. The van der Waals surface area contributed by atoms with Crippen molar-refractivity contribution >= 4 is 29.8 Å². The number of carboxylic acid groups (broad SMARTS) is 1. The number of hydrogen-bond acceptors (Lipinski definition) is 7. The average molecular weight is 743 g/mol. The lowest BCUT2D eigenvalue weighted by molar-refractivity contribution is -0.152. The van der Waals surface area contributed by atoms with Gasteiger partial charge in [0.25, 0.3) is 0 Å². The first-order valence-electron chi connectivity index (χ1n) is 18.1. The van der Waals surface area contributed by atoms with E-state index in [0.29, 0.717) is 11.3 Å². The maximum atomic E-state index is 15.1. The Morgan fingerprint density at radius 2 is 1.54 bits per heavy atom. The number of likely N-dealkylation sites (N-methyl/N-ethyl adjacent to an activating group) is 1. The molecule has 12 nitrogen and oxygen atoms in total. The Bertz CT molecular complexity index is 1850.